The van der Waals surface area contributed by atoms with Gasteiger partial charge in [0.2, 0.25) is 0 Å². The summed E-state index contributed by atoms with van der Waals surface area (Å²) >= 11 is 2.37. The minimum atomic E-state index is 0.912. The summed E-state index contributed by atoms with van der Waals surface area (Å²) in [4.78, 5) is 2.25. The molecule has 18 heavy (non-hydrogen) atoms. The third-order valence-electron chi connectivity index (χ3n) is 2.75. The number of likely N-dealkylation sites (N-methyl/N-ethyl adjacent to an activating group) is 1. The van der Waals surface area contributed by atoms with Gasteiger partial charge in [0.1, 0.15) is 0 Å². The molecule has 0 saturated carbocycles. The largest absolute Gasteiger partial charge is 0.370 e. The Hall–Kier alpha value is -1.29. The first-order valence-electron chi connectivity index (χ1n) is 5.94. The topological polar surface area (TPSA) is 3.24 Å². The van der Waals surface area contributed by atoms with Crippen LogP contribution in [0.1, 0.15) is 5.56 Å². The SMILES string of the molecule is CN(C/C=C/c1ccccc1)c1ccccc1I. The van der Waals surface area contributed by atoms with Crippen LogP contribution in [0.3, 0.4) is 0 Å². The molecule has 0 atom stereocenters. The average Bonchev–Trinajstić information content (AvgIpc) is 2.40. The number of anilines is 1. The summed E-state index contributed by atoms with van der Waals surface area (Å²) in [7, 11) is 2.12. The van der Waals surface area contributed by atoms with Crippen molar-refractivity contribution in [3.8, 4) is 0 Å². The fourth-order valence-corrected chi connectivity index (χ4v) is 2.57. The fourth-order valence-electron chi connectivity index (χ4n) is 1.77. The molecule has 0 aliphatic carbocycles. The molecule has 2 aromatic carbocycles. The Bertz CT molecular complexity index is 520. The summed E-state index contributed by atoms with van der Waals surface area (Å²) in [5.41, 5.74) is 2.52. The number of nitrogens with zero attached hydrogens (tertiary/aromatic N) is 1. The molecule has 0 aromatic heterocycles. The van der Waals surface area contributed by atoms with Crippen molar-refractivity contribution >= 4 is 34.4 Å². The molecule has 0 aliphatic rings. The van der Waals surface area contributed by atoms with E-state index in [9.17, 15) is 0 Å². The number of benzene rings is 2. The Morgan fingerprint density at radius 3 is 2.39 bits per heavy atom. The number of rotatable bonds is 4. The van der Waals surface area contributed by atoms with Gasteiger partial charge in [-0.2, -0.15) is 0 Å². The maximum absolute atomic E-state index is 2.37. The third-order valence-corrected chi connectivity index (χ3v) is 3.67. The Morgan fingerprint density at radius 2 is 1.67 bits per heavy atom. The van der Waals surface area contributed by atoms with Crippen LogP contribution < -0.4 is 4.90 Å². The van der Waals surface area contributed by atoms with E-state index in [-0.39, 0.29) is 0 Å². The van der Waals surface area contributed by atoms with Gasteiger partial charge in [-0.3, -0.25) is 0 Å². The van der Waals surface area contributed by atoms with Gasteiger partial charge in [-0.1, -0.05) is 54.6 Å². The Morgan fingerprint density at radius 1 is 1.00 bits per heavy atom. The third kappa shape index (κ3) is 3.60. The second kappa shape index (κ2) is 6.59. The summed E-state index contributed by atoms with van der Waals surface area (Å²) in [6.45, 7) is 0.912. The normalized spacial score (nSPS) is 10.8. The van der Waals surface area contributed by atoms with Crippen LogP contribution in [-0.4, -0.2) is 13.6 Å². The molecule has 0 fully saturated rings. The molecule has 0 radical (unpaired) electrons. The molecule has 1 nitrogen and oxygen atoms in total. The van der Waals surface area contributed by atoms with Crippen LogP contribution in [0, 0.1) is 3.57 Å². The lowest BCUT2D eigenvalue weighted by atomic mass is 10.2. The molecular weight excluding hydrogens is 333 g/mol. The van der Waals surface area contributed by atoms with Gasteiger partial charge in [0, 0.05) is 17.2 Å². The van der Waals surface area contributed by atoms with Crippen molar-refractivity contribution in [1.82, 2.24) is 0 Å². The van der Waals surface area contributed by atoms with E-state index >= 15 is 0 Å². The molecular formula is C16H16IN. The van der Waals surface area contributed by atoms with Crippen LogP contribution in [-0.2, 0) is 0 Å². The zero-order valence-electron chi connectivity index (χ0n) is 10.4. The monoisotopic (exact) mass is 349 g/mol. The van der Waals surface area contributed by atoms with Gasteiger partial charge in [0.15, 0.2) is 0 Å². The quantitative estimate of drug-likeness (QED) is 0.738. The Balaban J connectivity index is 1.99. The maximum Gasteiger partial charge on any atom is 0.0502 e. The van der Waals surface area contributed by atoms with Crippen LogP contribution in [0.5, 0.6) is 0 Å². The summed E-state index contributed by atoms with van der Waals surface area (Å²) < 4.78 is 1.28. The molecule has 0 aliphatic heterocycles. The van der Waals surface area contributed by atoms with E-state index in [1.54, 1.807) is 0 Å². The fraction of sp³-hybridized carbons (Fsp3) is 0.125. The van der Waals surface area contributed by atoms with Crippen molar-refractivity contribution in [2.75, 3.05) is 18.5 Å². The minimum absolute atomic E-state index is 0.912. The first-order valence-corrected chi connectivity index (χ1v) is 7.02. The van der Waals surface area contributed by atoms with Crippen LogP contribution >= 0.6 is 22.6 Å². The molecule has 2 aromatic rings. The summed E-state index contributed by atoms with van der Waals surface area (Å²) in [6, 6.07) is 18.8. The average molecular weight is 349 g/mol. The van der Waals surface area contributed by atoms with Gasteiger partial charge >= 0.3 is 0 Å². The zero-order valence-corrected chi connectivity index (χ0v) is 12.5. The zero-order chi connectivity index (χ0) is 12.8. The summed E-state index contributed by atoms with van der Waals surface area (Å²) in [6.07, 6.45) is 4.35. The highest BCUT2D eigenvalue weighted by molar-refractivity contribution is 14.1. The number of para-hydroxylation sites is 1. The first kappa shape index (κ1) is 13.1. The number of hydrogen-bond donors (Lipinski definition) is 0. The second-order valence-electron chi connectivity index (χ2n) is 4.14. The molecule has 0 heterocycles. The predicted octanol–water partition coefficient (Wildman–Crippen LogP) is 4.44. The van der Waals surface area contributed by atoms with E-state index < -0.39 is 0 Å². The van der Waals surface area contributed by atoms with Crippen LogP contribution in [0.25, 0.3) is 6.08 Å². The van der Waals surface area contributed by atoms with Gasteiger partial charge in [0.05, 0.1) is 5.69 Å². The molecule has 2 rings (SSSR count). The lowest BCUT2D eigenvalue weighted by molar-refractivity contribution is 1.03. The lowest BCUT2D eigenvalue weighted by Crippen LogP contribution is -2.17. The highest BCUT2D eigenvalue weighted by Gasteiger charge is 2.01. The van der Waals surface area contributed by atoms with Gasteiger partial charge < -0.3 is 4.90 Å². The molecule has 0 unspecified atom stereocenters. The van der Waals surface area contributed by atoms with Gasteiger partial charge in [-0.05, 0) is 40.3 Å². The van der Waals surface area contributed by atoms with Crippen molar-refractivity contribution in [2.45, 2.75) is 0 Å². The van der Waals surface area contributed by atoms with Crippen molar-refractivity contribution in [1.29, 1.82) is 0 Å². The molecule has 0 bridgehead atoms. The highest BCUT2D eigenvalue weighted by Crippen LogP contribution is 2.20. The summed E-state index contributed by atoms with van der Waals surface area (Å²) in [5.74, 6) is 0. The van der Waals surface area contributed by atoms with E-state index in [1.165, 1.54) is 14.8 Å². The molecule has 0 saturated heterocycles. The standard InChI is InChI=1S/C16H16IN/c1-18(16-12-6-5-11-15(16)17)13-7-10-14-8-3-2-4-9-14/h2-12H,13H2,1H3/b10-7+. The van der Waals surface area contributed by atoms with Gasteiger partial charge in [-0.25, -0.2) is 0 Å². The number of halogens is 1. The smallest absolute Gasteiger partial charge is 0.0502 e. The second-order valence-corrected chi connectivity index (χ2v) is 5.31. The van der Waals surface area contributed by atoms with Crippen LogP contribution in [0.2, 0.25) is 0 Å². The van der Waals surface area contributed by atoms with Crippen molar-refractivity contribution < 1.29 is 0 Å². The van der Waals surface area contributed by atoms with E-state index in [2.05, 4.69) is 95.2 Å². The molecule has 0 N–H and O–H groups in total. The van der Waals surface area contributed by atoms with Gasteiger partial charge in [0.25, 0.3) is 0 Å². The van der Waals surface area contributed by atoms with E-state index in [0.717, 1.165) is 6.54 Å². The lowest BCUT2D eigenvalue weighted by Gasteiger charge is -2.18. The summed E-state index contributed by atoms with van der Waals surface area (Å²) in [5, 5.41) is 0. The maximum atomic E-state index is 2.37. The Labute approximate surface area is 122 Å². The molecule has 2 heteroatoms. The van der Waals surface area contributed by atoms with Crippen molar-refractivity contribution in [3.63, 3.8) is 0 Å². The van der Waals surface area contributed by atoms with Crippen molar-refractivity contribution in [3.05, 3.63) is 69.8 Å². The highest BCUT2D eigenvalue weighted by atomic mass is 127. The van der Waals surface area contributed by atoms with Crippen molar-refractivity contribution in [2.24, 2.45) is 0 Å². The molecule has 0 spiro atoms. The minimum Gasteiger partial charge on any atom is -0.370 e. The Kier molecular flexibility index (Phi) is 4.81. The first-order chi connectivity index (χ1) is 8.77. The van der Waals surface area contributed by atoms with Gasteiger partial charge in [-0.15, -0.1) is 0 Å². The van der Waals surface area contributed by atoms with E-state index in [0.29, 0.717) is 0 Å². The molecule has 92 valence electrons. The van der Waals surface area contributed by atoms with E-state index in [1.807, 2.05) is 6.07 Å². The number of hydrogen-bond acceptors (Lipinski definition) is 1. The van der Waals surface area contributed by atoms with Crippen LogP contribution in [0.4, 0.5) is 5.69 Å². The van der Waals surface area contributed by atoms with Crippen LogP contribution in [0.15, 0.2) is 60.7 Å². The predicted molar refractivity (Wildman–Crippen MR) is 87.9 cm³/mol. The van der Waals surface area contributed by atoms with E-state index in [4.69, 9.17) is 0 Å². The molecule has 0 amide bonds.